The Morgan fingerprint density at radius 1 is 1.50 bits per heavy atom. The molecule has 1 aromatic heterocycles. The fourth-order valence-electron chi connectivity index (χ4n) is 1.56. The number of carbonyl (C=O) groups is 2. The van der Waals surface area contributed by atoms with Crippen molar-refractivity contribution >= 4 is 39.2 Å². The minimum absolute atomic E-state index is 0.242. The molecule has 0 aromatic carbocycles. The maximum absolute atomic E-state index is 11.6. The van der Waals surface area contributed by atoms with Gasteiger partial charge in [0.1, 0.15) is 5.54 Å². The van der Waals surface area contributed by atoms with E-state index in [9.17, 15) is 9.59 Å². The summed E-state index contributed by atoms with van der Waals surface area (Å²) >= 11 is 4.92. The maximum Gasteiger partial charge on any atom is 0.325 e. The molecule has 1 saturated heterocycles. The number of hydrogen-bond donors (Lipinski definition) is 1. The Morgan fingerprint density at radius 2 is 2.19 bits per heavy atom. The lowest BCUT2D eigenvalue weighted by molar-refractivity contribution is -0.125. The first-order valence-electron chi connectivity index (χ1n) is 4.77. The van der Waals surface area contributed by atoms with E-state index in [4.69, 9.17) is 0 Å². The number of amides is 3. The molecule has 86 valence electrons. The number of rotatable bonds is 2. The van der Waals surface area contributed by atoms with Crippen LogP contribution >= 0.6 is 27.3 Å². The van der Waals surface area contributed by atoms with Gasteiger partial charge in [-0.25, -0.2) is 4.79 Å². The molecule has 2 rings (SSSR count). The zero-order chi connectivity index (χ0) is 11.9. The van der Waals surface area contributed by atoms with Crippen molar-refractivity contribution in [3.63, 3.8) is 0 Å². The van der Waals surface area contributed by atoms with Crippen molar-refractivity contribution in [2.45, 2.75) is 25.9 Å². The fourth-order valence-corrected chi connectivity index (χ4v) is 2.99. The molecule has 1 fully saturated rings. The summed E-state index contributed by atoms with van der Waals surface area (Å²) in [6, 6.07) is 1.64. The van der Waals surface area contributed by atoms with Crippen molar-refractivity contribution in [3.8, 4) is 0 Å². The predicted octanol–water partition coefficient (Wildman–Crippen LogP) is 2.34. The molecule has 6 heteroatoms. The molecule has 3 amide bonds. The molecule has 1 aromatic rings. The normalized spacial score (nSPS) is 19.1. The second-order valence-electron chi connectivity index (χ2n) is 4.14. The van der Waals surface area contributed by atoms with Crippen LogP contribution in [0.5, 0.6) is 0 Å². The quantitative estimate of drug-likeness (QED) is 0.853. The van der Waals surface area contributed by atoms with Crippen LogP contribution in [0.3, 0.4) is 0 Å². The lowest BCUT2D eigenvalue weighted by Gasteiger charge is -2.27. The number of thiophene rings is 1. The molecule has 0 atom stereocenters. The van der Waals surface area contributed by atoms with E-state index in [0.717, 1.165) is 9.35 Å². The minimum Gasteiger partial charge on any atom is -0.305 e. The number of nitrogens with one attached hydrogen (secondary N) is 1. The summed E-state index contributed by atoms with van der Waals surface area (Å²) in [6.45, 7) is 3.95. The summed E-state index contributed by atoms with van der Waals surface area (Å²) in [5.74, 6) is -0.242. The standard InChI is InChI=1S/C10H11BrN2O2S/c1-10(2)8(14)12-9(15)13(10)4-7-3-6(11)5-16-7/h3,5H,4H2,1-2H3,(H,12,14,15). The van der Waals surface area contributed by atoms with Crippen LogP contribution in [0.1, 0.15) is 18.7 Å². The van der Waals surface area contributed by atoms with E-state index in [1.54, 1.807) is 30.1 Å². The summed E-state index contributed by atoms with van der Waals surface area (Å²) in [5, 5.41) is 4.28. The summed E-state index contributed by atoms with van der Waals surface area (Å²) < 4.78 is 0.997. The first-order valence-corrected chi connectivity index (χ1v) is 6.44. The monoisotopic (exact) mass is 302 g/mol. The lowest BCUT2D eigenvalue weighted by atomic mass is 10.0. The van der Waals surface area contributed by atoms with Gasteiger partial charge in [0.15, 0.2) is 0 Å². The molecule has 1 aliphatic rings. The number of halogens is 1. The number of imide groups is 1. The van der Waals surface area contributed by atoms with Crippen molar-refractivity contribution in [1.82, 2.24) is 10.2 Å². The van der Waals surface area contributed by atoms with E-state index in [1.807, 2.05) is 11.4 Å². The molecule has 0 unspecified atom stereocenters. The molecule has 16 heavy (non-hydrogen) atoms. The fraction of sp³-hybridized carbons (Fsp3) is 0.400. The predicted molar refractivity (Wildman–Crippen MR) is 65.2 cm³/mol. The van der Waals surface area contributed by atoms with Crippen molar-refractivity contribution in [2.75, 3.05) is 0 Å². The van der Waals surface area contributed by atoms with Crippen LogP contribution in [0.4, 0.5) is 4.79 Å². The number of urea groups is 1. The second kappa shape index (κ2) is 3.85. The molecular weight excluding hydrogens is 292 g/mol. The van der Waals surface area contributed by atoms with Crippen molar-refractivity contribution < 1.29 is 9.59 Å². The highest BCUT2D eigenvalue weighted by Crippen LogP contribution is 2.27. The van der Waals surface area contributed by atoms with E-state index in [1.165, 1.54) is 0 Å². The van der Waals surface area contributed by atoms with Gasteiger partial charge < -0.3 is 4.90 Å². The van der Waals surface area contributed by atoms with Crippen molar-refractivity contribution in [3.05, 3.63) is 20.8 Å². The average molecular weight is 303 g/mol. The van der Waals surface area contributed by atoms with Gasteiger partial charge in [0.05, 0.1) is 6.54 Å². The minimum atomic E-state index is -0.770. The van der Waals surface area contributed by atoms with E-state index < -0.39 is 5.54 Å². The Hall–Kier alpha value is -0.880. The molecule has 0 radical (unpaired) electrons. The van der Waals surface area contributed by atoms with Gasteiger partial charge in [-0.3, -0.25) is 10.1 Å². The zero-order valence-electron chi connectivity index (χ0n) is 8.91. The van der Waals surface area contributed by atoms with Gasteiger partial charge in [-0.05, 0) is 35.8 Å². The van der Waals surface area contributed by atoms with Gasteiger partial charge >= 0.3 is 6.03 Å². The van der Waals surface area contributed by atoms with E-state index in [2.05, 4.69) is 21.2 Å². The van der Waals surface area contributed by atoms with Crippen LogP contribution in [0.25, 0.3) is 0 Å². The lowest BCUT2D eigenvalue weighted by Crippen LogP contribution is -2.43. The van der Waals surface area contributed by atoms with Crippen molar-refractivity contribution in [2.24, 2.45) is 0 Å². The molecule has 1 aliphatic heterocycles. The van der Waals surface area contributed by atoms with Gasteiger partial charge in [-0.2, -0.15) is 0 Å². The van der Waals surface area contributed by atoms with E-state index in [-0.39, 0.29) is 11.9 Å². The average Bonchev–Trinajstić information content (AvgIpc) is 2.66. The SMILES string of the molecule is CC1(C)C(=O)NC(=O)N1Cc1cc(Br)cs1. The summed E-state index contributed by atoms with van der Waals surface area (Å²) in [5.41, 5.74) is -0.770. The highest BCUT2D eigenvalue weighted by Gasteiger charge is 2.45. The summed E-state index contributed by atoms with van der Waals surface area (Å²) in [6.07, 6.45) is 0. The van der Waals surface area contributed by atoms with Crippen LogP contribution < -0.4 is 5.32 Å². The van der Waals surface area contributed by atoms with Gasteiger partial charge in [-0.1, -0.05) is 0 Å². The Balaban J connectivity index is 2.21. The molecule has 0 aliphatic carbocycles. The summed E-state index contributed by atoms with van der Waals surface area (Å²) in [7, 11) is 0. The largest absolute Gasteiger partial charge is 0.325 e. The molecule has 0 spiro atoms. The second-order valence-corrected chi connectivity index (χ2v) is 6.05. The van der Waals surface area contributed by atoms with E-state index in [0.29, 0.717) is 6.54 Å². The highest BCUT2D eigenvalue weighted by atomic mass is 79.9. The Bertz CT molecular complexity index is 455. The van der Waals surface area contributed by atoms with Gasteiger partial charge in [0.2, 0.25) is 0 Å². The Kier molecular flexibility index (Phi) is 2.79. The first-order chi connectivity index (χ1) is 7.41. The topological polar surface area (TPSA) is 49.4 Å². The van der Waals surface area contributed by atoms with Crippen molar-refractivity contribution in [1.29, 1.82) is 0 Å². The molecule has 0 saturated carbocycles. The maximum atomic E-state index is 11.6. The van der Waals surface area contributed by atoms with Gasteiger partial charge in [0, 0.05) is 14.7 Å². The molecule has 4 nitrogen and oxygen atoms in total. The Morgan fingerprint density at radius 3 is 2.62 bits per heavy atom. The number of carbonyl (C=O) groups excluding carboxylic acids is 2. The van der Waals surface area contributed by atoms with Crippen LogP contribution in [0.15, 0.2) is 15.9 Å². The number of hydrogen-bond acceptors (Lipinski definition) is 3. The zero-order valence-corrected chi connectivity index (χ0v) is 11.3. The summed E-state index contributed by atoms with van der Waals surface area (Å²) in [4.78, 5) is 25.7. The van der Waals surface area contributed by atoms with Gasteiger partial charge in [-0.15, -0.1) is 11.3 Å². The smallest absolute Gasteiger partial charge is 0.305 e. The molecular formula is C10H11BrN2O2S. The van der Waals surface area contributed by atoms with Crippen LogP contribution in [0, 0.1) is 0 Å². The molecule has 0 bridgehead atoms. The third-order valence-corrected chi connectivity index (χ3v) is 4.31. The molecule has 1 N–H and O–H groups in total. The van der Waals surface area contributed by atoms with Gasteiger partial charge in [0.25, 0.3) is 5.91 Å². The third kappa shape index (κ3) is 1.87. The highest BCUT2D eigenvalue weighted by molar-refractivity contribution is 9.10. The van der Waals surface area contributed by atoms with Crippen LogP contribution in [0.2, 0.25) is 0 Å². The van der Waals surface area contributed by atoms with E-state index >= 15 is 0 Å². The van der Waals surface area contributed by atoms with Crippen LogP contribution in [-0.4, -0.2) is 22.4 Å². The molecule has 2 heterocycles. The number of nitrogens with zero attached hydrogens (tertiary/aromatic N) is 1. The third-order valence-electron chi connectivity index (χ3n) is 2.63. The first kappa shape index (κ1) is 11.6. The van der Waals surface area contributed by atoms with Crippen LogP contribution in [-0.2, 0) is 11.3 Å². The Labute approximate surface area is 106 Å².